The second-order valence-electron chi connectivity index (χ2n) is 6.19. The van der Waals surface area contributed by atoms with Gasteiger partial charge in [-0.25, -0.2) is 4.68 Å². The first-order chi connectivity index (χ1) is 12.7. The molecule has 2 aromatic carbocycles. The molecule has 6 nitrogen and oxygen atoms in total. The van der Waals surface area contributed by atoms with E-state index in [0.29, 0.717) is 31.9 Å². The number of halogens is 2. The van der Waals surface area contributed by atoms with Gasteiger partial charge >= 0.3 is 0 Å². The van der Waals surface area contributed by atoms with Gasteiger partial charge in [0.2, 0.25) is 0 Å². The first kappa shape index (κ1) is 18.9. The van der Waals surface area contributed by atoms with Crippen LogP contribution in [0, 0.1) is 0 Å². The topological polar surface area (TPSA) is 98.5 Å². The Hall–Kier alpha value is -2.83. The summed E-state index contributed by atoms with van der Waals surface area (Å²) < 4.78 is 1.33. The Kier molecular flexibility index (Phi) is 4.95. The highest BCUT2D eigenvalue weighted by Crippen LogP contribution is 2.35. The Morgan fingerprint density at radius 2 is 1.67 bits per heavy atom. The summed E-state index contributed by atoms with van der Waals surface area (Å²) in [6.07, 6.45) is 1.51. The first-order valence-electron chi connectivity index (χ1n) is 7.89. The SMILES string of the molecule is CC(C)=c1[nH]n(-c2ccc(Cl)c(Cl)c2)c(=O)c1=Cc1cc(O)c(O)c(O)c1. The number of nitrogens with one attached hydrogen (secondary N) is 1. The van der Waals surface area contributed by atoms with Crippen molar-refractivity contribution in [2.45, 2.75) is 13.8 Å². The molecule has 4 N–H and O–H groups in total. The number of aromatic hydroxyl groups is 3. The van der Waals surface area contributed by atoms with Gasteiger partial charge in [-0.2, -0.15) is 0 Å². The van der Waals surface area contributed by atoms with Gasteiger partial charge < -0.3 is 15.3 Å². The minimum absolute atomic E-state index is 0.313. The third-order valence-electron chi connectivity index (χ3n) is 3.99. The van der Waals surface area contributed by atoms with Crippen LogP contribution in [0.25, 0.3) is 17.3 Å². The van der Waals surface area contributed by atoms with E-state index >= 15 is 0 Å². The Morgan fingerprint density at radius 1 is 1.04 bits per heavy atom. The molecule has 0 unspecified atom stereocenters. The minimum Gasteiger partial charge on any atom is -0.504 e. The summed E-state index contributed by atoms with van der Waals surface area (Å²) >= 11 is 12.0. The largest absolute Gasteiger partial charge is 0.504 e. The molecule has 140 valence electrons. The fraction of sp³-hybridized carbons (Fsp3) is 0.105. The van der Waals surface area contributed by atoms with Gasteiger partial charge in [0.1, 0.15) is 0 Å². The van der Waals surface area contributed by atoms with Gasteiger partial charge in [0.05, 0.1) is 26.3 Å². The average molecular weight is 407 g/mol. The van der Waals surface area contributed by atoms with Crippen molar-refractivity contribution < 1.29 is 15.3 Å². The van der Waals surface area contributed by atoms with E-state index < -0.39 is 17.2 Å². The zero-order chi connectivity index (χ0) is 19.9. The van der Waals surface area contributed by atoms with Crippen molar-refractivity contribution in [2.75, 3.05) is 0 Å². The second kappa shape index (κ2) is 7.06. The molecule has 0 atom stereocenters. The van der Waals surface area contributed by atoms with Crippen LogP contribution in [0.4, 0.5) is 0 Å². The maximum atomic E-state index is 13.0. The fourth-order valence-corrected chi connectivity index (χ4v) is 2.94. The van der Waals surface area contributed by atoms with Crippen molar-refractivity contribution in [3.63, 3.8) is 0 Å². The summed E-state index contributed by atoms with van der Waals surface area (Å²) in [5.74, 6) is -1.59. The molecule has 0 amide bonds. The third-order valence-corrected chi connectivity index (χ3v) is 4.73. The molecule has 3 rings (SSSR count). The summed E-state index contributed by atoms with van der Waals surface area (Å²) in [7, 11) is 0. The van der Waals surface area contributed by atoms with Crippen LogP contribution >= 0.6 is 23.2 Å². The zero-order valence-corrected chi connectivity index (χ0v) is 15.9. The first-order valence-corrected chi connectivity index (χ1v) is 8.65. The molecule has 8 heteroatoms. The van der Waals surface area contributed by atoms with Gasteiger partial charge in [0, 0.05) is 0 Å². The number of nitrogens with zero attached hydrogens (tertiary/aromatic N) is 1. The van der Waals surface area contributed by atoms with Crippen LogP contribution in [0.3, 0.4) is 0 Å². The minimum atomic E-state index is -0.618. The van der Waals surface area contributed by atoms with Gasteiger partial charge in [-0.3, -0.25) is 9.89 Å². The summed E-state index contributed by atoms with van der Waals surface area (Å²) in [6, 6.07) is 7.31. The van der Waals surface area contributed by atoms with Crippen LogP contribution in [-0.2, 0) is 0 Å². The van der Waals surface area contributed by atoms with E-state index in [1.807, 2.05) is 13.8 Å². The van der Waals surface area contributed by atoms with Crippen molar-refractivity contribution in [1.29, 1.82) is 0 Å². The molecule has 0 aliphatic carbocycles. The van der Waals surface area contributed by atoms with Crippen LogP contribution in [-0.4, -0.2) is 25.1 Å². The van der Waals surface area contributed by atoms with Crippen LogP contribution in [0.1, 0.15) is 19.4 Å². The molecular weight excluding hydrogens is 391 g/mol. The summed E-state index contributed by atoms with van der Waals surface area (Å²) in [6.45, 7) is 3.68. The molecule has 0 radical (unpaired) electrons. The highest BCUT2D eigenvalue weighted by atomic mass is 35.5. The van der Waals surface area contributed by atoms with E-state index in [9.17, 15) is 20.1 Å². The lowest BCUT2D eigenvalue weighted by Crippen LogP contribution is -2.35. The second-order valence-corrected chi connectivity index (χ2v) is 7.01. The monoisotopic (exact) mass is 406 g/mol. The molecule has 0 aliphatic heterocycles. The zero-order valence-electron chi connectivity index (χ0n) is 14.4. The number of hydrogen-bond acceptors (Lipinski definition) is 4. The van der Waals surface area contributed by atoms with E-state index in [0.717, 1.165) is 5.57 Å². The van der Waals surface area contributed by atoms with Gasteiger partial charge in [0.25, 0.3) is 5.56 Å². The predicted molar refractivity (Wildman–Crippen MR) is 105 cm³/mol. The average Bonchev–Trinajstić information content (AvgIpc) is 2.92. The number of benzene rings is 2. The number of H-pyrrole nitrogens is 1. The molecule has 0 bridgehead atoms. The Morgan fingerprint density at radius 3 is 2.22 bits per heavy atom. The number of hydrogen-bond donors (Lipinski definition) is 4. The van der Waals surface area contributed by atoms with Crippen LogP contribution in [0.15, 0.2) is 35.1 Å². The van der Waals surface area contributed by atoms with Crippen LogP contribution < -0.4 is 16.1 Å². The van der Waals surface area contributed by atoms with Crippen LogP contribution in [0.2, 0.25) is 10.0 Å². The van der Waals surface area contributed by atoms with Gasteiger partial charge in [0.15, 0.2) is 17.2 Å². The fourth-order valence-electron chi connectivity index (χ4n) is 2.65. The number of phenols is 3. The van der Waals surface area contributed by atoms with Crippen molar-refractivity contribution >= 4 is 34.9 Å². The molecule has 3 aromatic rings. The summed E-state index contributed by atoms with van der Waals surface area (Å²) in [4.78, 5) is 13.0. The number of phenolic OH excluding ortho intramolecular Hbond substituents is 3. The van der Waals surface area contributed by atoms with E-state index in [2.05, 4.69) is 5.10 Å². The normalized spacial score (nSPS) is 11.8. The lowest BCUT2D eigenvalue weighted by atomic mass is 10.1. The Bertz CT molecular complexity index is 1200. The molecule has 0 fully saturated rings. The number of rotatable bonds is 2. The lowest BCUT2D eigenvalue weighted by Gasteiger charge is -2.03. The summed E-state index contributed by atoms with van der Waals surface area (Å²) in [5.41, 5.74) is 1.36. The predicted octanol–water partition coefficient (Wildman–Crippen LogP) is 2.61. The van der Waals surface area contributed by atoms with Gasteiger partial charge in [-0.05, 0) is 55.8 Å². The third kappa shape index (κ3) is 3.54. The van der Waals surface area contributed by atoms with Gasteiger partial charge in [-0.1, -0.05) is 28.8 Å². The van der Waals surface area contributed by atoms with E-state index in [1.54, 1.807) is 18.2 Å². The highest BCUT2D eigenvalue weighted by molar-refractivity contribution is 6.42. The van der Waals surface area contributed by atoms with Crippen molar-refractivity contribution in [2.24, 2.45) is 0 Å². The van der Waals surface area contributed by atoms with E-state index in [1.165, 1.54) is 22.9 Å². The van der Waals surface area contributed by atoms with Crippen molar-refractivity contribution in [3.05, 3.63) is 66.9 Å². The van der Waals surface area contributed by atoms with Crippen molar-refractivity contribution in [1.82, 2.24) is 9.78 Å². The molecule has 0 saturated heterocycles. The molecular formula is C19H16Cl2N2O4. The summed E-state index contributed by atoms with van der Waals surface area (Å²) in [5, 5.41) is 33.5. The smallest absolute Gasteiger partial charge is 0.279 e. The quantitative estimate of drug-likeness (QED) is 0.491. The molecule has 1 heterocycles. The van der Waals surface area contributed by atoms with E-state index in [-0.39, 0.29) is 5.56 Å². The van der Waals surface area contributed by atoms with Crippen LogP contribution in [0.5, 0.6) is 17.2 Å². The molecule has 0 saturated carbocycles. The maximum Gasteiger partial charge on any atom is 0.279 e. The Balaban J connectivity index is 2.31. The molecule has 1 aromatic heterocycles. The standard InChI is InChI=1S/C19H16Cl2N2O4/c1-9(2)17-12(5-10-6-15(24)18(26)16(25)7-10)19(27)23(22-17)11-3-4-13(20)14(21)8-11/h3-8,22,24-26H,1-2H3. The molecule has 0 aliphatic rings. The number of aromatic nitrogens is 2. The maximum absolute atomic E-state index is 13.0. The van der Waals surface area contributed by atoms with Crippen molar-refractivity contribution in [3.8, 4) is 22.9 Å². The highest BCUT2D eigenvalue weighted by Gasteiger charge is 2.11. The number of aromatic amines is 1. The lowest BCUT2D eigenvalue weighted by molar-refractivity contribution is 0.368. The van der Waals surface area contributed by atoms with Gasteiger partial charge in [-0.15, -0.1) is 0 Å². The molecule has 0 spiro atoms. The van der Waals surface area contributed by atoms with E-state index in [4.69, 9.17) is 23.2 Å². The Labute approximate surface area is 163 Å². The molecule has 27 heavy (non-hydrogen) atoms.